The first-order valence-corrected chi connectivity index (χ1v) is 6.83. The van der Waals surface area contributed by atoms with Gasteiger partial charge in [-0.2, -0.15) is 0 Å². The summed E-state index contributed by atoms with van der Waals surface area (Å²) in [6, 6.07) is 9.22. The molecule has 0 amide bonds. The Morgan fingerprint density at radius 1 is 1.11 bits per heavy atom. The van der Waals surface area contributed by atoms with Gasteiger partial charge in [-0.05, 0) is 24.3 Å². The second kappa shape index (κ2) is 5.00. The molecule has 96 valence electrons. The summed E-state index contributed by atoms with van der Waals surface area (Å²) in [5.74, 6) is 0.981. The summed E-state index contributed by atoms with van der Waals surface area (Å²) in [5.41, 5.74) is 2.30. The Kier molecular flexibility index (Phi) is 3.35. The van der Waals surface area contributed by atoms with Crippen molar-refractivity contribution in [2.45, 2.75) is 5.88 Å². The Hall–Kier alpha value is -1.29. The van der Waals surface area contributed by atoms with Crippen LogP contribution >= 0.6 is 34.8 Å². The van der Waals surface area contributed by atoms with Gasteiger partial charge in [0.05, 0.1) is 16.6 Å². The van der Waals surface area contributed by atoms with Gasteiger partial charge >= 0.3 is 0 Å². The molecule has 0 fully saturated rings. The number of hydrogen-bond acceptors (Lipinski definition) is 2. The molecule has 0 unspecified atom stereocenters. The first-order chi connectivity index (χ1) is 9.19. The molecule has 6 heteroatoms. The van der Waals surface area contributed by atoms with Crippen LogP contribution in [0.25, 0.3) is 16.9 Å². The minimum atomic E-state index is 0.278. The first kappa shape index (κ1) is 12.7. The highest BCUT2D eigenvalue weighted by Crippen LogP contribution is 2.24. The van der Waals surface area contributed by atoms with Gasteiger partial charge in [0.25, 0.3) is 0 Å². The lowest BCUT2D eigenvalue weighted by Crippen LogP contribution is -2.00. The molecule has 0 saturated carbocycles. The fourth-order valence-corrected chi connectivity index (χ4v) is 2.48. The van der Waals surface area contributed by atoms with Crippen molar-refractivity contribution < 1.29 is 0 Å². The molecule has 0 aliphatic carbocycles. The monoisotopic (exact) mass is 311 g/mol. The fourth-order valence-electron chi connectivity index (χ4n) is 1.96. The van der Waals surface area contributed by atoms with Crippen molar-refractivity contribution >= 4 is 46.0 Å². The summed E-state index contributed by atoms with van der Waals surface area (Å²) in [5, 5.41) is 1.19. The third kappa shape index (κ3) is 2.29. The van der Waals surface area contributed by atoms with Gasteiger partial charge in [-0.3, -0.25) is 4.57 Å². The number of alkyl halides is 1. The number of rotatable bonds is 2. The third-order valence-corrected chi connectivity index (χ3v) is 3.40. The summed E-state index contributed by atoms with van der Waals surface area (Å²) < 4.78 is 1.88. The van der Waals surface area contributed by atoms with E-state index in [2.05, 4.69) is 9.97 Å². The third-order valence-electron chi connectivity index (χ3n) is 2.72. The SMILES string of the molecule is ClCc1nc2cc(Cl)cnc2n1-c1cccc(Cl)c1. The number of aromatic nitrogens is 3. The minimum Gasteiger partial charge on any atom is -0.280 e. The van der Waals surface area contributed by atoms with Crippen LogP contribution < -0.4 is 0 Å². The van der Waals surface area contributed by atoms with Gasteiger partial charge in [0.1, 0.15) is 11.3 Å². The zero-order valence-electron chi connectivity index (χ0n) is 9.65. The molecular weight excluding hydrogens is 305 g/mol. The zero-order chi connectivity index (χ0) is 13.4. The van der Waals surface area contributed by atoms with Crippen LogP contribution in [0.15, 0.2) is 36.5 Å². The predicted octanol–water partition coefficient (Wildman–Crippen LogP) is 4.47. The smallest absolute Gasteiger partial charge is 0.164 e. The summed E-state index contributed by atoms with van der Waals surface area (Å²) in [6.45, 7) is 0. The lowest BCUT2D eigenvalue weighted by atomic mass is 10.3. The van der Waals surface area contributed by atoms with Crippen LogP contribution in [0.2, 0.25) is 10.0 Å². The van der Waals surface area contributed by atoms with Gasteiger partial charge in [0, 0.05) is 11.2 Å². The Balaban J connectivity index is 2.32. The Labute approximate surface area is 124 Å². The van der Waals surface area contributed by atoms with Gasteiger partial charge < -0.3 is 0 Å². The number of hydrogen-bond donors (Lipinski definition) is 0. The summed E-state index contributed by atoms with van der Waals surface area (Å²) in [6.07, 6.45) is 1.59. The van der Waals surface area contributed by atoms with Crippen LogP contribution in [-0.2, 0) is 5.88 Å². The number of fused-ring (bicyclic) bond motifs is 1. The fraction of sp³-hybridized carbons (Fsp3) is 0.0769. The van der Waals surface area contributed by atoms with Crippen molar-refractivity contribution in [3.63, 3.8) is 0 Å². The van der Waals surface area contributed by atoms with E-state index in [1.54, 1.807) is 12.3 Å². The molecule has 2 heterocycles. The minimum absolute atomic E-state index is 0.278. The molecule has 1 aromatic carbocycles. The molecule has 0 radical (unpaired) electrons. The highest BCUT2D eigenvalue weighted by atomic mass is 35.5. The van der Waals surface area contributed by atoms with Crippen molar-refractivity contribution in [3.05, 3.63) is 52.4 Å². The van der Waals surface area contributed by atoms with Crippen LogP contribution in [0.1, 0.15) is 5.82 Å². The van der Waals surface area contributed by atoms with Crippen molar-refractivity contribution in [3.8, 4) is 5.69 Å². The van der Waals surface area contributed by atoms with E-state index in [1.165, 1.54) is 0 Å². The lowest BCUT2D eigenvalue weighted by molar-refractivity contribution is 0.970. The summed E-state index contributed by atoms with van der Waals surface area (Å²) in [7, 11) is 0. The Bertz CT molecular complexity index is 752. The van der Waals surface area contributed by atoms with E-state index in [0.717, 1.165) is 5.69 Å². The van der Waals surface area contributed by atoms with Gasteiger partial charge in [0.2, 0.25) is 0 Å². The standard InChI is InChI=1S/C13H8Cl3N3/c14-6-12-18-11-5-9(16)7-17-13(11)19(12)10-3-1-2-8(15)4-10/h1-5,7H,6H2. The van der Waals surface area contributed by atoms with E-state index >= 15 is 0 Å². The molecule has 0 aliphatic heterocycles. The zero-order valence-corrected chi connectivity index (χ0v) is 11.9. The van der Waals surface area contributed by atoms with Gasteiger partial charge in [-0.25, -0.2) is 9.97 Å². The van der Waals surface area contributed by atoms with Crippen molar-refractivity contribution in [2.75, 3.05) is 0 Å². The van der Waals surface area contributed by atoms with Crippen molar-refractivity contribution in [1.82, 2.24) is 14.5 Å². The molecule has 2 aromatic heterocycles. The maximum atomic E-state index is 6.03. The molecule has 0 aliphatic rings. The van der Waals surface area contributed by atoms with E-state index in [4.69, 9.17) is 34.8 Å². The molecule has 3 nitrogen and oxygen atoms in total. The predicted molar refractivity (Wildman–Crippen MR) is 78.4 cm³/mol. The van der Waals surface area contributed by atoms with Crippen molar-refractivity contribution in [2.24, 2.45) is 0 Å². The highest BCUT2D eigenvalue weighted by Gasteiger charge is 2.13. The highest BCUT2D eigenvalue weighted by molar-refractivity contribution is 6.31. The van der Waals surface area contributed by atoms with Crippen molar-refractivity contribution in [1.29, 1.82) is 0 Å². The molecular formula is C13H8Cl3N3. The second-order valence-corrected chi connectivity index (χ2v) is 5.11. The van der Waals surface area contributed by atoms with Crippen LogP contribution in [0.4, 0.5) is 0 Å². The maximum absolute atomic E-state index is 6.03. The number of halogens is 3. The van der Waals surface area contributed by atoms with E-state index in [9.17, 15) is 0 Å². The maximum Gasteiger partial charge on any atom is 0.164 e. The molecule has 3 rings (SSSR count). The topological polar surface area (TPSA) is 30.7 Å². The number of imidazole rings is 1. The summed E-state index contributed by atoms with van der Waals surface area (Å²) >= 11 is 17.9. The molecule has 19 heavy (non-hydrogen) atoms. The molecule has 0 N–H and O–H groups in total. The molecule has 0 bridgehead atoms. The average molecular weight is 313 g/mol. The average Bonchev–Trinajstić information content (AvgIpc) is 2.76. The van der Waals surface area contributed by atoms with Gasteiger partial charge in [-0.1, -0.05) is 29.3 Å². The quantitative estimate of drug-likeness (QED) is 0.654. The first-order valence-electron chi connectivity index (χ1n) is 5.54. The lowest BCUT2D eigenvalue weighted by Gasteiger charge is -2.07. The van der Waals surface area contributed by atoms with E-state index in [1.807, 2.05) is 28.8 Å². The van der Waals surface area contributed by atoms with Gasteiger partial charge in [0.15, 0.2) is 5.65 Å². The molecule has 0 saturated heterocycles. The van der Waals surface area contributed by atoms with Gasteiger partial charge in [-0.15, -0.1) is 11.6 Å². The van der Waals surface area contributed by atoms with Crippen LogP contribution in [-0.4, -0.2) is 14.5 Å². The number of pyridine rings is 1. The molecule has 3 aromatic rings. The largest absolute Gasteiger partial charge is 0.280 e. The van der Waals surface area contributed by atoms with E-state index in [0.29, 0.717) is 27.0 Å². The number of nitrogens with zero attached hydrogens (tertiary/aromatic N) is 3. The molecule has 0 spiro atoms. The van der Waals surface area contributed by atoms with Crippen LogP contribution in [0.5, 0.6) is 0 Å². The molecule has 0 atom stereocenters. The Morgan fingerprint density at radius 2 is 1.95 bits per heavy atom. The second-order valence-electron chi connectivity index (χ2n) is 3.97. The van der Waals surface area contributed by atoms with E-state index in [-0.39, 0.29) is 5.88 Å². The Morgan fingerprint density at radius 3 is 2.68 bits per heavy atom. The van der Waals surface area contributed by atoms with Crippen LogP contribution in [0, 0.1) is 0 Å². The normalized spacial score (nSPS) is 11.1. The van der Waals surface area contributed by atoms with Crippen LogP contribution in [0.3, 0.4) is 0 Å². The van der Waals surface area contributed by atoms with E-state index < -0.39 is 0 Å². The summed E-state index contributed by atoms with van der Waals surface area (Å²) in [4.78, 5) is 8.76. The number of benzene rings is 1.